The van der Waals surface area contributed by atoms with Crippen molar-refractivity contribution in [3.05, 3.63) is 12.5 Å². The van der Waals surface area contributed by atoms with Crippen LogP contribution in [0.1, 0.15) is 1.43 Å². The highest BCUT2D eigenvalue weighted by Crippen LogP contribution is 1.64. The van der Waals surface area contributed by atoms with E-state index in [2.05, 4.69) is 14.9 Å². The fourth-order valence-electron chi connectivity index (χ4n) is 0.136. The molecule has 3 nitrogen and oxygen atoms in total. The molecule has 5 heavy (non-hydrogen) atoms. The summed E-state index contributed by atoms with van der Waals surface area (Å²) in [4.78, 5) is 0. The van der Waals surface area contributed by atoms with Crippen LogP contribution in [-0.4, -0.2) is 10.4 Å². The SMILES string of the molecule is [HH].c1conn1. The van der Waals surface area contributed by atoms with E-state index in [0.717, 1.165) is 0 Å². The highest BCUT2D eigenvalue weighted by atomic mass is 16.5. The van der Waals surface area contributed by atoms with E-state index in [-0.39, 0.29) is 1.43 Å². The maximum Gasteiger partial charge on any atom is 0.144 e. The molecule has 0 N–H and O–H groups in total. The second-order valence-corrected chi connectivity index (χ2v) is 0.588. The zero-order valence-corrected chi connectivity index (χ0v) is 2.46. The molecule has 0 bridgehead atoms. The molecule has 1 aromatic heterocycles. The van der Waals surface area contributed by atoms with Crippen LogP contribution in [0, 0.1) is 0 Å². The predicted molar refractivity (Wildman–Crippen MR) is 16.4 cm³/mol. The van der Waals surface area contributed by atoms with Gasteiger partial charge >= 0.3 is 0 Å². The molecule has 1 aromatic rings. The molecular weight excluding hydrogens is 68.0 g/mol. The van der Waals surface area contributed by atoms with Gasteiger partial charge in [0.1, 0.15) is 6.26 Å². The van der Waals surface area contributed by atoms with Gasteiger partial charge in [0.05, 0.1) is 6.20 Å². The number of hydrogen-bond acceptors (Lipinski definition) is 3. The second-order valence-electron chi connectivity index (χ2n) is 0.588. The lowest BCUT2D eigenvalue weighted by atomic mass is 11.0. The van der Waals surface area contributed by atoms with Crippen molar-refractivity contribution >= 4 is 0 Å². The van der Waals surface area contributed by atoms with E-state index in [4.69, 9.17) is 0 Å². The van der Waals surface area contributed by atoms with Crippen molar-refractivity contribution in [3.8, 4) is 0 Å². The molecule has 0 unspecified atom stereocenters. The molecule has 0 saturated heterocycles. The quantitative estimate of drug-likeness (QED) is 0.443. The number of rotatable bonds is 0. The summed E-state index contributed by atoms with van der Waals surface area (Å²) >= 11 is 0. The molecule has 0 aromatic carbocycles. The molecule has 0 saturated carbocycles. The average molecular weight is 72.1 g/mol. The predicted octanol–water partition coefficient (Wildman–Crippen LogP) is 0.316. The van der Waals surface area contributed by atoms with Crippen LogP contribution in [0.5, 0.6) is 0 Å². The van der Waals surface area contributed by atoms with Crippen LogP contribution in [0.2, 0.25) is 0 Å². The molecular formula is C2H4N2O. The average Bonchev–Trinajstić information content (AvgIpc) is 1.76. The minimum atomic E-state index is 0. The maximum atomic E-state index is 4.22. The Bertz CT molecular complexity index is 68.0. The Morgan fingerprint density at radius 2 is 2.80 bits per heavy atom. The van der Waals surface area contributed by atoms with Crippen molar-refractivity contribution < 1.29 is 5.95 Å². The van der Waals surface area contributed by atoms with E-state index in [1.165, 1.54) is 12.5 Å². The van der Waals surface area contributed by atoms with E-state index < -0.39 is 0 Å². The fourth-order valence-corrected chi connectivity index (χ4v) is 0.136. The highest BCUT2D eigenvalue weighted by molar-refractivity contribution is 4.48. The monoisotopic (exact) mass is 72.0 g/mol. The van der Waals surface area contributed by atoms with Gasteiger partial charge in [0.2, 0.25) is 0 Å². The van der Waals surface area contributed by atoms with E-state index in [1.54, 1.807) is 0 Å². The minimum absolute atomic E-state index is 0. The first kappa shape index (κ1) is 2.38. The van der Waals surface area contributed by atoms with Gasteiger partial charge in [-0.2, -0.15) is 0 Å². The molecule has 0 radical (unpaired) electrons. The number of nitrogens with zero attached hydrogens (tertiary/aromatic N) is 2. The van der Waals surface area contributed by atoms with Crippen LogP contribution in [0.3, 0.4) is 0 Å². The van der Waals surface area contributed by atoms with Crippen LogP contribution >= 0.6 is 0 Å². The first-order chi connectivity index (χ1) is 2.50. The van der Waals surface area contributed by atoms with Gasteiger partial charge in [0, 0.05) is 6.70 Å². The lowest BCUT2D eigenvalue weighted by Gasteiger charge is -1.45. The van der Waals surface area contributed by atoms with E-state index >= 15 is 0 Å². The largest absolute Gasteiger partial charge is 0.346 e. The van der Waals surface area contributed by atoms with Crippen molar-refractivity contribution in [1.82, 2.24) is 10.4 Å². The zero-order valence-electron chi connectivity index (χ0n) is 2.46. The van der Waals surface area contributed by atoms with Crippen LogP contribution in [0.15, 0.2) is 17.0 Å². The van der Waals surface area contributed by atoms with Gasteiger partial charge in [-0.25, -0.2) is 0 Å². The summed E-state index contributed by atoms with van der Waals surface area (Å²) in [6.07, 6.45) is 2.88. The fraction of sp³-hybridized carbons (Fsp3) is 0. The van der Waals surface area contributed by atoms with Gasteiger partial charge in [0.15, 0.2) is 0 Å². The van der Waals surface area contributed by atoms with Crippen molar-refractivity contribution in [2.75, 3.05) is 0 Å². The maximum absolute atomic E-state index is 4.22. The molecule has 0 spiro atoms. The van der Waals surface area contributed by atoms with Crippen molar-refractivity contribution in [1.29, 1.82) is 0 Å². The highest BCUT2D eigenvalue weighted by Gasteiger charge is 1.61. The molecule has 0 amide bonds. The molecule has 0 aliphatic heterocycles. The van der Waals surface area contributed by atoms with E-state index in [1.807, 2.05) is 0 Å². The van der Waals surface area contributed by atoms with E-state index in [9.17, 15) is 0 Å². The third kappa shape index (κ3) is 0.238. The summed E-state index contributed by atoms with van der Waals surface area (Å²) in [5, 5.41) is 6.40. The first-order valence-corrected chi connectivity index (χ1v) is 1.21. The molecule has 3 heteroatoms. The summed E-state index contributed by atoms with van der Waals surface area (Å²) in [6.45, 7) is 0. The Balaban J connectivity index is 0.000000250. The third-order valence-electron chi connectivity index (χ3n) is 0.283. The van der Waals surface area contributed by atoms with Gasteiger partial charge in [-0.05, 0) is 0 Å². The summed E-state index contributed by atoms with van der Waals surface area (Å²) in [5.74, 6) is 0. The van der Waals surface area contributed by atoms with Crippen molar-refractivity contribution in [2.45, 2.75) is 0 Å². The second kappa shape index (κ2) is 0.839. The van der Waals surface area contributed by atoms with Gasteiger partial charge in [-0.15, -0.1) is 5.10 Å². The first-order valence-electron chi connectivity index (χ1n) is 1.21. The molecule has 28 valence electrons. The Hall–Kier alpha value is -0.860. The van der Waals surface area contributed by atoms with Gasteiger partial charge in [0.25, 0.3) is 0 Å². The van der Waals surface area contributed by atoms with Crippen molar-refractivity contribution in [2.24, 2.45) is 0 Å². The molecule has 1 heterocycles. The topological polar surface area (TPSA) is 38.9 Å². The summed E-state index contributed by atoms with van der Waals surface area (Å²) in [7, 11) is 0. The van der Waals surface area contributed by atoms with Crippen LogP contribution < -0.4 is 0 Å². The molecule has 0 fully saturated rings. The summed E-state index contributed by atoms with van der Waals surface area (Å²) in [6, 6.07) is 0. The lowest BCUT2D eigenvalue weighted by molar-refractivity contribution is 0.393. The third-order valence-corrected chi connectivity index (χ3v) is 0.283. The molecule has 0 aliphatic carbocycles. The summed E-state index contributed by atoms with van der Waals surface area (Å²) < 4.78 is 4.22. The summed E-state index contributed by atoms with van der Waals surface area (Å²) in [5.41, 5.74) is 0. The van der Waals surface area contributed by atoms with Gasteiger partial charge in [-0.3, -0.25) is 0 Å². The standard InChI is InChI=1S/C2H2N2O.H2/c1-2-5-4-3-1;/h1-2H;1H. The van der Waals surface area contributed by atoms with Crippen molar-refractivity contribution in [3.63, 3.8) is 0 Å². The molecule has 0 atom stereocenters. The smallest absolute Gasteiger partial charge is 0.144 e. The normalized spacial score (nSPS) is 8.00. The van der Waals surface area contributed by atoms with Crippen LogP contribution in [0.4, 0.5) is 0 Å². The van der Waals surface area contributed by atoms with Gasteiger partial charge in [-0.1, -0.05) is 0 Å². The lowest BCUT2D eigenvalue weighted by Crippen LogP contribution is -1.53. The Labute approximate surface area is 30.1 Å². The minimum Gasteiger partial charge on any atom is -0.346 e. The van der Waals surface area contributed by atoms with Crippen LogP contribution in [-0.2, 0) is 0 Å². The Morgan fingerprint density at radius 3 is 3.00 bits per heavy atom. The van der Waals surface area contributed by atoms with E-state index in [0.29, 0.717) is 0 Å². The number of aromatic nitrogens is 2. The Morgan fingerprint density at radius 1 is 1.80 bits per heavy atom. The van der Waals surface area contributed by atoms with Gasteiger partial charge < -0.3 is 4.52 Å². The zero-order chi connectivity index (χ0) is 3.54. The molecule has 1 rings (SSSR count). The number of hydrogen-bond donors (Lipinski definition) is 0. The Kier molecular flexibility index (Phi) is 0.400. The van der Waals surface area contributed by atoms with Crippen LogP contribution in [0.25, 0.3) is 0 Å². The molecule has 0 aliphatic rings.